The Morgan fingerprint density at radius 1 is 1.46 bits per heavy atom. The van der Waals surface area contributed by atoms with E-state index in [-0.39, 0.29) is 12.6 Å². The number of allylic oxidation sites excluding steroid dienone is 3. The molecule has 66 valence electrons. The van der Waals surface area contributed by atoms with E-state index in [9.17, 15) is 0 Å². The van der Waals surface area contributed by atoms with Gasteiger partial charge in [0.25, 0.3) is 0 Å². The summed E-state index contributed by atoms with van der Waals surface area (Å²) in [6, 6.07) is -0.337. The highest BCUT2D eigenvalue weighted by atomic mass is 15.2. The summed E-state index contributed by atoms with van der Waals surface area (Å²) in [4.78, 5) is 5.33. The van der Waals surface area contributed by atoms with Crippen LogP contribution in [0.5, 0.6) is 0 Å². The van der Waals surface area contributed by atoms with E-state index in [1.807, 2.05) is 18.2 Å². The maximum absolute atomic E-state index is 8.27. The largest absolute Gasteiger partial charge is 0.0932 e. The van der Waals surface area contributed by atoms with Gasteiger partial charge in [0.2, 0.25) is 0 Å². The van der Waals surface area contributed by atoms with Crippen LogP contribution in [0.1, 0.15) is 6.42 Å². The Hall–Kier alpha value is -1.90. The standard InChI is InChI=1S/C7H8N6/c8-12-10-5-7(11-13-9)6-3-1-2-4-6/h1-3,7H,4-5H2. The minimum absolute atomic E-state index is 0.189. The molecule has 13 heavy (non-hydrogen) atoms. The molecule has 0 aromatic rings. The minimum atomic E-state index is -0.337. The quantitative estimate of drug-likeness (QED) is 0.357. The van der Waals surface area contributed by atoms with Crippen LogP contribution in [0.15, 0.2) is 34.0 Å². The van der Waals surface area contributed by atoms with Crippen LogP contribution in [0, 0.1) is 0 Å². The molecule has 0 aliphatic heterocycles. The second-order valence-corrected chi connectivity index (χ2v) is 2.51. The van der Waals surface area contributed by atoms with Gasteiger partial charge < -0.3 is 0 Å². The second kappa shape index (κ2) is 4.87. The molecule has 0 bridgehead atoms. The molecule has 6 heteroatoms. The third-order valence-corrected chi connectivity index (χ3v) is 1.74. The molecule has 0 amide bonds. The van der Waals surface area contributed by atoms with Gasteiger partial charge in [0, 0.05) is 16.4 Å². The fourth-order valence-corrected chi connectivity index (χ4v) is 1.12. The maximum Gasteiger partial charge on any atom is 0.0646 e. The molecule has 0 heterocycles. The van der Waals surface area contributed by atoms with Crippen LogP contribution in [0.4, 0.5) is 0 Å². The Morgan fingerprint density at radius 2 is 2.31 bits per heavy atom. The molecule has 0 saturated heterocycles. The molecule has 0 fully saturated rings. The molecule has 1 aliphatic rings. The van der Waals surface area contributed by atoms with E-state index in [0.29, 0.717) is 0 Å². The van der Waals surface area contributed by atoms with Gasteiger partial charge >= 0.3 is 0 Å². The zero-order valence-corrected chi connectivity index (χ0v) is 6.91. The third-order valence-electron chi connectivity index (χ3n) is 1.74. The number of nitrogens with zero attached hydrogens (tertiary/aromatic N) is 6. The minimum Gasteiger partial charge on any atom is -0.0932 e. The van der Waals surface area contributed by atoms with Crippen molar-refractivity contribution < 1.29 is 0 Å². The van der Waals surface area contributed by atoms with Gasteiger partial charge in [-0.3, -0.25) is 0 Å². The number of rotatable bonds is 4. The van der Waals surface area contributed by atoms with Crippen LogP contribution in [0.2, 0.25) is 0 Å². The first-order valence-corrected chi connectivity index (χ1v) is 3.79. The molecule has 0 spiro atoms. The molecule has 0 aromatic heterocycles. The molecule has 6 nitrogen and oxygen atoms in total. The lowest BCUT2D eigenvalue weighted by atomic mass is 10.1. The lowest BCUT2D eigenvalue weighted by Crippen LogP contribution is -2.09. The molecule has 0 aromatic carbocycles. The summed E-state index contributed by atoms with van der Waals surface area (Å²) in [5.41, 5.74) is 17.4. The zero-order chi connectivity index (χ0) is 9.52. The summed E-state index contributed by atoms with van der Waals surface area (Å²) < 4.78 is 0. The third kappa shape index (κ3) is 2.56. The summed E-state index contributed by atoms with van der Waals surface area (Å²) in [6.45, 7) is 0.189. The Morgan fingerprint density at radius 3 is 2.85 bits per heavy atom. The van der Waals surface area contributed by atoms with E-state index in [1.165, 1.54) is 0 Å². The number of hydrogen-bond acceptors (Lipinski definition) is 2. The van der Waals surface area contributed by atoms with Crippen LogP contribution in [0.3, 0.4) is 0 Å². The molecule has 1 atom stereocenters. The molecular weight excluding hydrogens is 168 g/mol. The van der Waals surface area contributed by atoms with Crippen LogP contribution in [0.25, 0.3) is 20.9 Å². The summed E-state index contributed by atoms with van der Waals surface area (Å²) in [5.74, 6) is 0. The second-order valence-electron chi connectivity index (χ2n) is 2.51. The van der Waals surface area contributed by atoms with Gasteiger partial charge in [0.15, 0.2) is 0 Å². The molecule has 0 radical (unpaired) electrons. The molecular formula is C7H8N6. The van der Waals surface area contributed by atoms with E-state index >= 15 is 0 Å². The Bertz CT molecular complexity index is 329. The predicted octanol–water partition coefficient (Wildman–Crippen LogP) is 2.86. The van der Waals surface area contributed by atoms with Crippen LogP contribution in [-0.2, 0) is 0 Å². The van der Waals surface area contributed by atoms with Crippen molar-refractivity contribution in [3.8, 4) is 0 Å². The lowest BCUT2D eigenvalue weighted by molar-refractivity contribution is 0.754. The van der Waals surface area contributed by atoms with E-state index in [0.717, 1.165) is 12.0 Å². The molecule has 0 N–H and O–H groups in total. The van der Waals surface area contributed by atoms with Gasteiger partial charge in [0.05, 0.1) is 6.04 Å². The fraction of sp³-hybridized carbons (Fsp3) is 0.429. The highest BCUT2D eigenvalue weighted by molar-refractivity contribution is 5.27. The normalized spacial score (nSPS) is 15.5. The monoisotopic (exact) mass is 176 g/mol. The first kappa shape index (κ1) is 9.19. The summed E-state index contributed by atoms with van der Waals surface area (Å²) in [6.07, 6.45) is 6.51. The zero-order valence-electron chi connectivity index (χ0n) is 6.91. The van der Waals surface area contributed by atoms with Gasteiger partial charge in [-0.25, -0.2) is 0 Å². The van der Waals surface area contributed by atoms with E-state index < -0.39 is 0 Å². The van der Waals surface area contributed by atoms with Crippen molar-refractivity contribution in [2.24, 2.45) is 10.2 Å². The van der Waals surface area contributed by atoms with Gasteiger partial charge in [-0.1, -0.05) is 34.0 Å². The Kier molecular flexibility index (Phi) is 3.45. The van der Waals surface area contributed by atoms with Crippen molar-refractivity contribution in [1.82, 2.24) is 0 Å². The Labute approximate surface area is 74.8 Å². The summed E-state index contributed by atoms with van der Waals surface area (Å²) in [5, 5.41) is 6.93. The van der Waals surface area contributed by atoms with Gasteiger partial charge in [-0.15, -0.1) is 0 Å². The average molecular weight is 176 g/mol. The highest BCUT2D eigenvalue weighted by Crippen LogP contribution is 2.17. The molecule has 0 saturated carbocycles. The SMILES string of the molecule is [N-]=[N+]=NCC(N=[N+]=[N-])C1=CC=CC1. The predicted molar refractivity (Wildman–Crippen MR) is 48.8 cm³/mol. The average Bonchev–Trinajstić information content (AvgIpc) is 2.65. The van der Waals surface area contributed by atoms with Gasteiger partial charge in [0.1, 0.15) is 0 Å². The summed E-state index contributed by atoms with van der Waals surface area (Å²) >= 11 is 0. The van der Waals surface area contributed by atoms with E-state index in [1.54, 1.807) is 0 Å². The van der Waals surface area contributed by atoms with Crippen LogP contribution >= 0.6 is 0 Å². The van der Waals surface area contributed by atoms with E-state index in [4.69, 9.17) is 11.1 Å². The Balaban J connectivity index is 2.67. The van der Waals surface area contributed by atoms with Crippen LogP contribution in [-0.4, -0.2) is 12.6 Å². The van der Waals surface area contributed by atoms with E-state index in [2.05, 4.69) is 20.1 Å². The van der Waals surface area contributed by atoms with Crippen molar-refractivity contribution in [3.63, 3.8) is 0 Å². The highest BCUT2D eigenvalue weighted by Gasteiger charge is 2.11. The van der Waals surface area contributed by atoms with Gasteiger partial charge in [-0.05, 0) is 17.5 Å². The smallest absolute Gasteiger partial charge is 0.0646 e. The molecule has 1 rings (SSSR count). The first-order valence-electron chi connectivity index (χ1n) is 3.79. The van der Waals surface area contributed by atoms with Crippen molar-refractivity contribution >= 4 is 0 Å². The fourth-order valence-electron chi connectivity index (χ4n) is 1.12. The topological polar surface area (TPSA) is 97.5 Å². The molecule has 1 unspecified atom stereocenters. The number of azide groups is 2. The number of hydrogen-bond donors (Lipinski definition) is 0. The van der Waals surface area contributed by atoms with Crippen molar-refractivity contribution in [1.29, 1.82) is 0 Å². The lowest BCUT2D eigenvalue weighted by Gasteiger charge is -2.07. The van der Waals surface area contributed by atoms with Crippen molar-refractivity contribution in [3.05, 3.63) is 44.7 Å². The first-order chi connectivity index (χ1) is 6.38. The van der Waals surface area contributed by atoms with Crippen LogP contribution < -0.4 is 0 Å². The van der Waals surface area contributed by atoms with Crippen molar-refractivity contribution in [2.75, 3.05) is 6.54 Å². The summed E-state index contributed by atoms with van der Waals surface area (Å²) in [7, 11) is 0. The molecule has 1 aliphatic carbocycles. The maximum atomic E-state index is 8.27. The van der Waals surface area contributed by atoms with Gasteiger partial charge in [-0.2, -0.15) is 0 Å². The van der Waals surface area contributed by atoms with Crippen molar-refractivity contribution in [2.45, 2.75) is 12.5 Å².